The number of rotatable bonds is 2. The maximum absolute atomic E-state index is 12.9. The molecule has 7 heteroatoms. The Hall–Kier alpha value is -0.920. The lowest BCUT2D eigenvalue weighted by Crippen LogP contribution is -2.52. The number of fused-ring (bicyclic) bond motifs is 1. The van der Waals surface area contributed by atoms with Crippen molar-refractivity contribution in [2.45, 2.75) is 44.6 Å². The van der Waals surface area contributed by atoms with Gasteiger partial charge in [0.1, 0.15) is 0 Å². The smallest absolute Gasteiger partial charge is 0.264 e. The molecule has 0 unspecified atom stereocenters. The number of hydrogen-bond acceptors (Lipinski definition) is 5. The number of sulfone groups is 1. The Bertz CT molecular complexity index is 725. The first kappa shape index (κ1) is 17.5. The third-order valence-electron chi connectivity index (χ3n) is 5.78. The van der Waals surface area contributed by atoms with Crippen molar-refractivity contribution in [1.82, 2.24) is 9.80 Å². The molecule has 0 aromatic carbocycles. The maximum Gasteiger partial charge on any atom is 0.264 e. The van der Waals surface area contributed by atoms with Gasteiger partial charge >= 0.3 is 0 Å². The zero-order chi connectivity index (χ0) is 17.4. The zero-order valence-corrected chi connectivity index (χ0v) is 16.2. The molecule has 1 aromatic heterocycles. The second-order valence-electron chi connectivity index (χ2n) is 7.50. The third-order valence-corrected chi connectivity index (χ3v) is 8.76. The Kier molecular flexibility index (Phi) is 4.90. The van der Waals surface area contributed by atoms with Crippen LogP contribution in [0.1, 0.15) is 45.8 Å². The van der Waals surface area contributed by atoms with Crippen molar-refractivity contribution in [3.8, 4) is 0 Å². The first-order valence-corrected chi connectivity index (χ1v) is 12.0. The van der Waals surface area contributed by atoms with Crippen molar-refractivity contribution in [1.29, 1.82) is 0 Å². The lowest BCUT2D eigenvalue weighted by molar-refractivity contribution is 0.0592. The quantitative estimate of drug-likeness (QED) is 0.734. The van der Waals surface area contributed by atoms with Gasteiger partial charge in [-0.2, -0.15) is 0 Å². The highest BCUT2D eigenvalue weighted by Crippen LogP contribution is 2.30. The summed E-state index contributed by atoms with van der Waals surface area (Å²) in [7, 11) is -2.84. The van der Waals surface area contributed by atoms with Crippen LogP contribution in [0.3, 0.4) is 0 Å². The van der Waals surface area contributed by atoms with Crippen LogP contribution in [0.15, 0.2) is 6.07 Å². The summed E-state index contributed by atoms with van der Waals surface area (Å²) in [6.45, 7) is 2.99. The van der Waals surface area contributed by atoms with Gasteiger partial charge in [-0.3, -0.25) is 9.69 Å². The molecule has 0 bridgehead atoms. The van der Waals surface area contributed by atoms with Crippen LogP contribution < -0.4 is 0 Å². The molecule has 1 amide bonds. The van der Waals surface area contributed by atoms with Gasteiger partial charge in [0.25, 0.3) is 5.91 Å². The Morgan fingerprint density at radius 3 is 2.56 bits per heavy atom. The Balaban J connectivity index is 1.37. The van der Waals surface area contributed by atoms with E-state index in [1.807, 2.05) is 4.90 Å². The molecule has 2 aliphatic heterocycles. The SMILES string of the molecule is O=C(c1cc2c(s1)CCCCC2)N1CCN([C@H]2CCS(=O)(=O)C2)CC1. The van der Waals surface area contributed by atoms with Crippen molar-refractivity contribution in [3.05, 3.63) is 21.4 Å². The van der Waals surface area contributed by atoms with Gasteiger partial charge in [0.2, 0.25) is 0 Å². The minimum Gasteiger partial charge on any atom is -0.335 e. The number of hydrogen-bond donors (Lipinski definition) is 0. The van der Waals surface area contributed by atoms with E-state index in [1.54, 1.807) is 11.3 Å². The number of aryl methyl sites for hydroxylation is 2. The van der Waals surface area contributed by atoms with Crippen molar-refractivity contribution < 1.29 is 13.2 Å². The van der Waals surface area contributed by atoms with Gasteiger partial charge < -0.3 is 4.90 Å². The molecule has 0 saturated carbocycles. The Labute approximate surface area is 153 Å². The highest BCUT2D eigenvalue weighted by molar-refractivity contribution is 7.91. The van der Waals surface area contributed by atoms with E-state index < -0.39 is 9.84 Å². The van der Waals surface area contributed by atoms with E-state index in [0.717, 1.165) is 37.2 Å². The largest absolute Gasteiger partial charge is 0.335 e. The van der Waals surface area contributed by atoms with Crippen LogP contribution >= 0.6 is 11.3 Å². The van der Waals surface area contributed by atoms with Gasteiger partial charge in [-0.05, 0) is 43.7 Å². The number of carbonyl (C=O) groups is 1. The van der Waals surface area contributed by atoms with E-state index >= 15 is 0 Å². The molecular weight excluding hydrogens is 356 g/mol. The first-order valence-electron chi connectivity index (χ1n) is 9.37. The monoisotopic (exact) mass is 382 g/mol. The van der Waals surface area contributed by atoms with Crippen LogP contribution in [-0.4, -0.2) is 67.9 Å². The number of carbonyl (C=O) groups excluding carboxylic acids is 1. The highest BCUT2D eigenvalue weighted by Gasteiger charge is 2.34. The zero-order valence-electron chi connectivity index (χ0n) is 14.6. The molecular formula is C18H26N2O3S2. The Morgan fingerprint density at radius 1 is 1.08 bits per heavy atom. The summed E-state index contributed by atoms with van der Waals surface area (Å²) >= 11 is 1.69. The van der Waals surface area contributed by atoms with Crippen molar-refractivity contribution in [2.75, 3.05) is 37.7 Å². The van der Waals surface area contributed by atoms with E-state index in [0.29, 0.717) is 24.6 Å². The van der Waals surface area contributed by atoms with Gasteiger partial charge in [0.05, 0.1) is 16.4 Å². The predicted molar refractivity (Wildman–Crippen MR) is 100 cm³/mol. The minimum atomic E-state index is -2.84. The summed E-state index contributed by atoms with van der Waals surface area (Å²) in [6, 6.07) is 2.28. The molecule has 4 rings (SSSR count). The molecule has 25 heavy (non-hydrogen) atoms. The van der Waals surface area contributed by atoms with Crippen LogP contribution in [0.25, 0.3) is 0 Å². The van der Waals surface area contributed by atoms with Gasteiger partial charge in [-0.15, -0.1) is 11.3 Å². The molecule has 2 saturated heterocycles. The van der Waals surface area contributed by atoms with Crippen molar-refractivity contribution in [2.24, 2.45) is 0 Å². The van der Waals surface area contributed by atoms with Crippen LogP contribution in [0, 0.1) is 0 Å². The van der Waals surface area contributed by atoms with Gasteiger partial charge in [-0.25, -0.2) is 8.42 Å². The molecule has 0 radical (unpaired) electrons. The average molecular weight is 383 g/mol. The van der Waals surface area contributed by atoms with Crippen LogP contribution in [-0.2, 0) is 22.7 Å². The summed E-state index contributed by atoms with van der Waals surface area (Å²) in [6.07, 6.45) is 6.75. The van der Waals surface area contributed by atoms with E-state index in [2.05, 4.69) is 11.0 Å². The third kappa shape index (κ3) is 3.78. The molecule has 3 aliphatic rings. The number of piperazine rings is 1. The van der Waals surface area contributed by atoms with Crippen molar-refractivity contribution in [3.63, 3.8) is 0 Å². The summed E-state index contributed by atoms with van der Waals surface area (Å²) in [5, 5.41) is 0. The second kappa shape index (κ2) is 7.00. The van der Waals surface area contributed by atoms with E-state index in [9.17, 15) is 13.2 Å². The fourth-order valence-electron chi connectivity index (χ4n) is 4.28. The fraction of sp³-hybridized carbons (Fsp3) is 0.722. The summed E-state index contributed by atoms with van der Waals surface area (Å²) in [5.74, 6) is 0.771. The van der Waals surface area contributed by atoms with Crippen molar-refractivity contribution >= 4 is 27.1 Å². The number of amides is 1. The van der Waals surface area contributed by atoms with Gasteiger partial charge in [-0.1, -0.05) is 6.42 Å². The molecule has 5 nitrogen and oxygen atoms in total. The number of nitrogens with zero attached hydrogens (tertiary/aromatic N) is 2. The molecule has 1 aromatic rings. The lowest BCUT2D eigenvalue weighted by atomic mass is 10.1. The summed E-state index contributed by atoms with van der Waals surface area (Å²) in [5.41, 5.74) is 1.39. The molecule has 138 valence electrons. The molecule has 2 fully saturated rings. The van der Waals surface area contributed by atoms with E-state index in [-0.39, 0.29) is 11.9 Å². The van der Waals surface area contributed by atoms with Gasteiger partial charge in [0, 0.05) is 37.1 Å². The predicted octanol–water partition coefficient (Wildman–Crippen LogP) is 1.96. The normalized spacial score (nSPS) is 27.0. The van der Waals surface area contributed by atoms with Crippen LogP contribution in [0.5, 0.6) is 0 Å². The maximum atomic E-state index is 12.9. The molecule has 1 aliphatic carbocycles. The second-order valence-corrected chi connectivity index (χ2v) is 10.9. The van der Waals surface area contributed by atoms with Gasteiger partial charge in [0.15, 0.2) is 9.84 Å². The minimum absolute atomic E-state index is 0.153. The first-order chi connectivity index (χ1) is 12.0. The topological polar surface area (TPSA) is 57.7 Å². The molecule has 1 atom stereocenters. The van der Waals surface area contributed by atoms with Crippen LogP contribution in [0.4, 0.5) is 0 Å². The summed E-state index contributed by atoms with van der Waals surface area (Å²) < 4.78 is 23.3. The summed E-state index contributed by atoms with van der Waals surface area (Å²) in [4.78, 5) is 19.4. The number of thiophene rings is 1. The molecule has 3 heterocycles. The lowest BCUT2D eigenvalue weighted by Gasteiger charge is -2.37. The fourth-order valence-corrected chi connectivity index (χ4v) is 7.27. The molecule has 0 N–H and O–H groups in total. The van der Waals surface area contributed by atoms with E-state index in [4.69, 9.17) is 0 Å². The highest BCUT2D eigenvalue weighted by atomic mass is 32.2. The van der Waals surface area contributed by atoms with E-state index in [1.165, 1.54) is 29.7 Å². The Morgan fingerprint density at radius 2 is 1.84 bits per heavy atom. The standard InChI is InChI=1S/C18H26N2O3S2/c21-18(17-12-14-4-2-1-3-5-16(14)24-17)20-9-7-19(8-10-20)15-6-11-25(22,23)13-15/h12,15H,1-11,13H2/t15-/m0/s1. The van der Waals surface area contributed by atoms with Crippen LogP contribution in [0.2, 0.25) is 0 Å². The molecule has 0 spiro atoms. The average Bonchev–Trinajstić information content (AvgIpc) is 3.10.